The van der Waals surface area contributed by atoms with Gasteiger partial charge in [-0.2, -0.15) is 0 Å². The van der Waals surface area contributed by atoms with Crippen molar-refractivity contribution >= 4 is 0 Å². The molecule has 1 aliphatic rings. The lowest BCUT2D eigenvalue weighted by Crippen LogP contribution is -2.17. The van der Waals surface area contributed by atoms with Crippen LogP contribution in [0.3, 0.4) is 0 Å². The second-order valence-corrected chi connectivity index (χ2v) is 3.93. The summed E-state index contributed by atoms with van der Waals surface area (Å²) in [7, 11) is 0. The summed E-state index contributed by atoms with van der Waals surface area (Å²) in [6.45, 7) is 9.49. The van der Waals surface area contributed by atoms with Gasteiger partial charge in [0.2, 0.25) is 0 Å². The molecule has 1 rings (SSSR count). The van der Waals surface area contributed by atoms with Gasteiger partial charge in [0.15, 0.2) is 6.29 Å². The highest BCUT2D eigenvalue weighted by molar-refractivity contribution is 5.09. The van der Waals surface area contributed by atoms with Crippen LogP contribution in [0.1, 0.15) is 39.5 Å². The van der Waals surface area contributed by atoms with Crippen molar-refractivity contribution in [1.29, 1.82) is 0 Å². The molecule has 0 saturated heterocycles. The first kappa shape index (κ1) is 11.7. The Morgan fingerprint density at radius 1 is 1.50 bits per heavy atom. The van der Waals surface area contributed by atoms with E-state index in [9.17, 15) is 0 Å². The third-order valence-electron chi connectivity index (χ3n) is 2.84. The predicted molar refractivity (Wildman–Crippen MR) is 58.1 cm³/mol. The first-order valence-electron chi connectivity index (χ1n) is 5.65. The van der Waals surface area contributed by atoms with Gasteiger partial charge in [-0.15, -0.1) is 0 Å². The highest BCUT2D eigenvalue weighted by Crippen LogP contribution is 2.35. The third kappa shape index (κ3) is 3.81. The number of ether oxygens (including phenoxy) is 2. The molecule has 0 heterocycles. The van der Waals surface area contributed by atoms with Crippen LogP contribution in [-0.2, 0) is 9.47 Å². The van der Waals surface area contributed by atoms with E-state index in [1.165, 1.54) is 24.8 Å². The first-order chi connectivity index (χ1) is 6.74. The van der Waals surface area contributed by atoms with Crippen LogP contribution in [0.15, 0.2) is 12.2 Å². The second-order valence-electron chi connectivity index (χ2n) is 3.93. The van der Waals surface area contributed by atoms with Gasteiger partial charge in [0, 0.05) is 13.2 Å². The van der Waals surface area contributed by atoms with E-state index in [4.69, 9.17) is 9.47 Å². The fraction of sp³-hybridized carbons (Fsp3) is 0.833. The summed E-state index contributed by atoms with van der Waals surface area (Å²) in [5, 5.41) is 0. The summed E-state index contributed by atoms with van der Waals surface area (Å²) in [5.74, 6) is 0.779. The summed E-state index contributed by atoms with van der Waals surface area (Å²) in [4.78, 5) is 0. The average molecular weight is 198 g/mol. The van der Waals surface area contributed by atoms with Crippen molar-refractivity contribution in [2.24, 2.45) is 5.92 Å². The monoisotopic (exact) mass is 198 g/mol. The molecule has 0 radical (unpaired) electrons. The smallest absolute Gasteiger partial charge is 0.154 e. The number of rotatable bonds is 7. The Labute approximate surface area is 87.3 Å². The lowest BCUT2D eigenvalue weighted by atomic mass is 9.78. The molecule has 1 saturated carbocycles. The van der Waals surface area contributed by atoms with Gasteiger partial charge < -0.3 is 9.47 Å². The number of hydrogen-bond donors (Lipinski definition) is 0. The molecule has 2 atom stereocenters. The fourth-order valence-corrected chi connectivity index (χ4v) is 1.76. The summed E-state index contributed by atoms with van der Waals surface area (Å²) in [6.07, 6.45) is 4.88. The maximum absolute atomic E-state index is 5.48. The Morgan fingerprint density at radius 3 is 2.79 bits per heavy atom. The Balaban J connectivity index is 1.91. The molecule has 0 aliphatic heterocycles. The van der Waals surface area contributed by atoms with Crippen LogP contribution in [0, 0.1) is 5.92 Å². The van der Waals surface area contributed by atoms with Crippen molar-refractivity contribution in [3.8, 4) is 0 Å². The SMILES string of the molecule is C=C1CC[C@H]1CCCOC(C)OCC. The maximum Gasteiger partial charge on any atom is 0.154 e. The van der Waals surface area contributed by atoms with Gasteiger partial charge in [-0.3, -0.25) is 0 Å². The van der Waals surface area contributed by atoms with Crippen molar-refractivity contribution in [3.05, 3.63) is 12.2 Å². The lowest BCUT2D eigenvalue weighted by molar-refractivity contribution is -0.128. The highest BCUT2D eigenvalue weighted by Gasteiger charge is 2.21. The van der Waals surface area contributed by atoms with Crippen LogP contribution in [0.4, 0.5) is 0 Å². The minimum atomic E-state index is -0.0513. The lowest BCUT2D eigenvalue weighted by Gasteiger charge is -2.28. The van der Waals surface area contributed by atoms with E-state index in [0.717, 1.165) is 25.6 Å². The van der Waals surface area contributed by atoms with Crippen LogP contribution < -0.4 is 0 Å². The molecule has 0 N–H and O–H groups in total. The molecule has 82 valence electrons. The van der Waals surface area contributed by atoms with Crippen molar-refractivity contribution in [1.82, 2.24) is 0 Å². The zero-order valence-electron chi connectivity index (χ0n) is 9.42. The van der Waals surface area contributed by atoms with E-state index in [1.54, 1.807) is 0 Å². The maximum atomic E-state index is 5.48. The molecule has 0 spiro atoms. The largest absolute Gasteiger partial charge is 0.353 e. The van der Waals surface area contributed by atoms with Gasteiger partial charge in [0.05, 0.1) is 0 Å². The van der Waals surface area contributed by atoms with Crippen LogP contribution in [-0.4, -0.2) is 19.5 Å². The highest BCUT2D eigenvalue weighted by atomic mass is 16.7. The van der Waals surface area contributed by atoms with Gasteiger partial charge in [0.25, 0.3) is 0 Å². The average Bonchev–Trinajstić information content (AvgIpc) is 2.15. The third-order valence-corrected chi connectivity index (χ3v) is 2.84. The van der Waals surface area contributed by atoms with Crippen molar-refractivity contribution in [2.75, 3.05) is 13.2 Å². The topological polar surface area (TPSA) is 18.5 Å². The quantitative estimate of drug-likeness (QED) is 0.355. The van der Waals surface area contributed by atoms with E-state index in [0.29, 0.717) is 0 Å². The molecule has 0 bridgehead atoms. The van der Waals surface area contributed by atoms with E-state index in [1.807, 2.05) is 13.8 Å². The molecule has 0 aromatic rings. The second kappa shape index (κ2) is 6.20. The van der Waals surface area contributed by atoms with Gasteiger partial charge in [-0.05, 0) is 45.4 Å². The molecule has 2 nitrogen and oxygen atoms in total. The van der Waals surface area contributed by atoms with Crippen LogP contribution in [0.5, 0.6) is 0 Å². The zero-order chi connectivity index (χ0) is 10.4. The predicted octanol–water partition coefficient (Wildman–Crippen LogP) is 3.13. The van der Waals surface area contributed by atoms with Gasteiger partial charge in [-0.25, -0.2) is 0 Å². The van der Waals surface area contributed by atoms with Crippen molar-refractivity contribution < 1.29 is 9.47 Å². The Kier molecular flexibility index (Phi) is 5.20. The van der Waals surface area contributed by atoms with E-state index < -0.39 is 0 Å². The van der Waals surface area contributed by atoms with Gasteiger partial charge >= 0.3 is 0 Å². The normalized spacial score (nSPS) is 23.3. The van der Waals surface area contributed by atoms with E-state index >= 15 is 0 Å². The van der Waals surface area contributed by atoms with E-state index in [-0.39, 0.29) is 6.29 Å². The standard InChI is InChI=1S/C12H22O2/c1-4-13-11(3)14-9-5-6-12-8-7-10(12)2/h11-12H,2,4-9H2,1,3H3/t11?,12-/m1/s1. The number of allylic oxidation sites excluding steroid dienone is 1. The summed E-state index contributed by atoms with van der Waals surface area (Å²) >= 11 is 0. The van der Waals surface area contributed by atoms with Crippen LogP contribution in [0.25, 0.3) is 0 Å². The Bertz CT molecular complexity index is 177. The molecule has 1 aliphatic carbocycles. The Morgan fingerprint density at radius 2 is 2.29 bits per heavy atom. The zero-order valence-corrected chi connectivity index (χ0v) is 9.42. The molecule has 14 heavy (non-hydrogen) atoms. The molecule has 0 aromatic heterocycles. The fourth-order valence-electron chi connectivity index (χ4n) is 1.76. The molecular formula is C12H22O2. The summed E-state index contributed by atoms with van der Waals surface area (Å²) < 4.78 is 10.8. The minimum absolute atomic E-state index is 0.0513. The molecule has 0 aromatic carbocycles. The van der Waals surface area contributed by atoms with Gasteiger partial charge in [0.1, 0.15) is 0 Å². The molecule has 1 unspecified atom stereocenters. The first-order valence-corrected chi connectivity index (χ1v) is 5.65. The molecule has 1 fully saturated rings. The van der Waals surface area contributed by atoms with Gasteiger partial charge in [-0.1, -0.05) is 12.2 Å². The summed E-state index contributed by atoms with van der Waals surface area (Å²) in [6, 6.07) is 0. The van der Waals surface area contributed by atoms with Crippen LogP contribution >= 0.6 is 0 Å². The van der Waals surface area contributed by atoms with Crippen molar-refractivity contribution in [3.63, 3.8) is 0 Å². The summed E-state index contributed by atoms with van der Waals surface area (Å²) in [5.41, 5.74) is 1.43. The van der Waals surface area contributed by atoms with Crippen molar-refractivity contribution in [2.45, 2.75) is 45.8 Å². The van der Waals surface area contributed by atoms with Crippen LogP contribution in [0.2, 0.25) is 0 Å². The minimum Gasteiger partial charge on any atom is -0.353 e. The van der Waals surface area contributed by atoms with E-state index in [2.05, 4.69) is 6.58 Å². The molecule has 2 heteroatoms. The number of hydrogen-bond acceptors (Lipinski definition) is 2. The Hall–Kier alpha value is -0.340. The molecule has 0 amide bonds. The molecular weight excluding hydrogens is 176 g/mol.